The van der Waals surface area contributed by atoms with Crippen LogP contribution in [-0.4, -0.2) is 26.5 Å². The molecule has 2 N–H and O–H groups in total. The third-order valence-corrected chi connectivity index (χ3v) is 3.58. The van der Waals surface area contributed by atoms with Crippen LogP contribution in [0, 0.1) is 12.3 Å². The van der Waals surface area contributed by atoms with Gasteiger partial charge in [-0.15, -0.1) is 6.42 Å². The van der Waals surface area contributed by atoms with Crippen molar-refractivity contribution in [2.45, 2.75) is 25.9 Å². The summed E-state index contributed by atoms with van der Waals surface area (Å²) in [6.45, 7) is 2.06. The van der Waals surface area contributed by atoms with Crippen molar-refractivity contribution in [1.29, 1.82) is 0 Å². The van der Waals surface area contributed by atoms with E-state index in [4.69, 9.17) is 6.42 Å². The Kier molecular flexibility index (Phi) is 4.75. The molecule has 3 rings (SSSR count). The fourth-order valence-electron chi connectivity index (χ4n) is 2.17. The largest absolute Gasteiger partial charge is 0.433 e. The monoisotopic (exact) mass is 360 g/mol. The second-order valence-corrected chi connectivity index (χ2v) is 5.62. The standard InChI is InChI=1S/C17H15F3N6/c1-3-9-21-15-24-14(12-5-4-6-13(23-12)17(18,19)20)25-16(26-15)22-10(2)11-7-8-11/h1,4-6H,7-9H2,2H3,(H2,21,22,24,25,26). The first-order valence-corrected chi connectivity index (χ1v) is 7.80. The molecule has 2 aromatic rings. The third kappa shape index (κ3) is 4.27. The highest BCUT2D eigenvalue weighted by atomic mass is 19.4. The van der Waals surface area contributed by atoms with E-state index in [9.17, 15) is 13.2 Å². The van der Waals surface area contributed by atoms with E-state index in [2.05, 4.69) is 36.5 Å². The fraction of sp³-hybridized carbons (Fsp3) is 0.294. The van der Waals surface area contributed by atoms with Crippen molar-refractivity contribution in [3.8, 4) is 23.9 Å². The van der Waals surface area contributed by atoms with E-state index in [1.807, 2.05) is 6.92 Å². The van der Waals surface area contributed by atoms with Crippen molar-refractivity contribution in [2.75, 3.05) is 17.2 Å². The zero-order valence-corrected chi connectivity index (χ0v) is 13.9. The quantitative estimate of drug-likeness (QED) is 0.795. The third-order valence-electron chi connectivity index (χ3n) is 3.58. The number of nitrogens with one attached hydrogen (secondary N) is 2. The highest BCUT2D eigenvalue weighted by Crippen LogP contribution is 2.32. The molecule has 0 unspecified atom stereocenters. The number of hydrogen-bond donors (Lipinski definition) is 2. The maximum absolute atomic E-state index is 12.9. The Hall–Kier alpha value is -3.15. The van der Waals surface area contributed by atoms with Crippen LogP contribution in [-0.2, 0) is 6.18 Å². The Morgan fingerprint density at radius 2 is 1.88 bits per heavy atom. The summed E-state index contributed by atoms with van der Waals surface area (Å²) in [5.74, 6) is 2.77. The van der Waals surface area contributed by atoms with Gasteiger partial charge >= 0.3 is 6.18 Å². The molecule has 0 saturated heterocycles. The molecule has 2 aromatic heterocycles. The minimum absolute atomic E-state index is 0.00855. The molecule has 0 spiro atoms. The normalized spacial score (nSPS) is 13.1. The van der Waals surface area contributed by atoms with Gasteiger partial charge < -0.3 is 10.6 Å². The van der Waals surface area contributed by atoms with E-state index >= 15 is 0 Å². The van der Waals surface area contributed by atoms with E-state index in [-0.39, 0.29) is 30.0 Å². The van der Waals surface area contributed by atoms with Crippen LogP contribution in [0.5, 0.6) is 0 Å². The number of anilines is 2. The lowest BCUT2D eigenvalue weighted by Crippen LogP contribution is -2.11. The highest BCUT2D eigenvalue weighted by molar-refractivity contribution is 5.55. The molecule has 0 aromatic carbocycles. The number of alkyl halides is 3. The van der Waals surface area contributed by atoms with Crippen molar-refractivity contribution in [3.05, 3.63) is 35.2 Å². The van der Waals surface area contributed by atoms with Gasteiger partial charge in [0.1, 0.15) is 11.4 Å². The van der Waals surface area contributed by atoms with Crippen LogP contribution < -0.4 is 10.6 Å². The van der Waals surface area contributed by atoms with Crippen LogP contribution in [0.25, 0.3) is 11.5 Å². The smallest absolute Gasteiger partial charge is 0.343 e. The lowest BCUT2D eigenvalue weighted by Gasteiger charge is -2.10. The minimum atomic E-state index is -4.55. The van der Waals surface area contributed by atoms with Crippen LogP contribution in [0.1, 0.15) is 25.5 Å². The first-order valence-electron chi connectivity index (χ1n) is 7.80. The van der Waals surface area contributed by atoms with Gasteiger partial charge in [-0.25, -0.2) is 4.98 Å². The fourth-order valence-corrected chi connectivity index (χ4v) is 2.17. The Morgan fingerprint density at radius 1 is 1.15 bits per heavy atom. The molecule has 6 nitrogen and oxygen atoms in total. The van der Waals surface area contributed by atoms with Crippen molar-refractivity contribution in [1.82, 2.24) is 19.9 Å². The Bertz CT molecular complexity index is 892. The predicted octanol–water partition coefficient (Wildman–Crippen LogP) is 3.48. The van der Waals surface area contributed by atoms with Crippen molar-refractivity contribution in [3.63, 3.8) is 0 Å². The first-order chi connectivity index (χ1) is 12.4. The molecule has 1 fully saturated rings. The van der Waals surface area contributed by atoms with Gasteiger partial charge in [0.15, 0.2) is 5.82 Å². The topological polar surface area (TPSA) is 75.6 Å². The number of halogens is 3. The van der Waals surface area contributed by atoms with Gasteiger partial charge in [0.25, 0.3) is 0 Å². The molecular formula is C17H15F3N6. The van der Waals surface area contributed by atoms with Crippen LogP contribution in [0.2, 0.25) is 0 Å². The van der Waals surface area contributed by atoms with Gasteiger partial charge in [-0.2, -0.15) is 28.1 Å². The minimum Gasteiger partial charge on any atom is -0.343 e. The molecule has 1 aliphatic carbocycles. The lowest BCUT2D eigenvalue weighted by molar-refractivity contribution is -0.141. The summed E-state index contributed by atoms with van der Waals surface area (Å²) in [6, 6.07) is 3.56. The molecule has 26 heavy (non-hydrogen) atoms. The predicted molar refractivity (Wildman–Crippen MR) is 90.9 cm³/mol. The van der Waals surface area contributed by atoms with E-state index in [0.717, 1.165) is 24.6 Å². The number of rotatable bonds is 5. The summed E-state index contributed by atoms with van der Waals surface area (Å²) in [5.41, 5.74) is 1.15. The average Bonchev–Trinajstić information content (AvgIpc) is 3.44. The molecule has 1 saturated carbocycles. The highest BCUT2D eigenvalue weighted by Gasteiger charge is 2.32. The van der Waals surface area contributed by atoms with Gasteiger partial charge in [0.2, 0.25) is 11.9 Å². The van der Waals surface area contributed by atoms with E-state index in [1.54, 1.807) is 0 Å². The number of terminal acetylenes is 1. The van der Waals surface area contributed by atoms with Crippen LogP contribution in [0.15, 0.2) is 29.5 Å². The van der Waals surface area contributed by atoms with Gasteiger partial charge in [-0.3, -0.25) is 0 Å². The van der Waals surface area contributed by atoms with E-state index < -0.39 is 11.9 Å². The van der Waals surface area contributed by atoms with Crippen LogP contribution >= 0.6 is 0 Å². The van der Waals surface area contributed by atoms with E-state index in [0.29, 0.717) is 0 Å². The molecule has 0 bridgehead atoms. The number of hydrogen-bond acceptors (Lipinski definition) is 6. The molecule has 0 radical (unpaired) electrons. The van der Waals surface area contributed by atoms with Crippen LogP contribution in [0.3, 0.4) is 0 Å². The summed E-state index contributed by atoms with van der Waals surface area (Å²) in [7, 11) is 0. The number of aromatic nitrogens is 4. The first kappa shape index (κ1) is 17.7. The van der Waals surface area contributed by atoms with Gasteiger partial charge in [0, 0.05) is 5.70 Å². The SMILES string of the molecule is C#CCNc1nc(NC(C)=C2CC2)nc(-c2cccc(C(F)(F)F)n2)n1. The number of pyridine rings is 1. The second kappa shape index (κ2) is 7.00. The summed E-state index contributed by atoms with van der Waals surface area (Å²) < 4.78 is 38.7. The molecule has 0 aliphatic heterocycles. The van der Waals surface area contributed by atoms with Crippen LogP contribution in [0.4, 0.5) is 25.1 Å². The maximum Gasteiger partial charge on any atom is 0.433 e. The second-order valence-electron chi connectivity index (χ2n) is 5.62. The lowest BCUT2D eigenvalue weighted by atomic mass is 10.3. The van der Waals surface area contributed by atoms with Gasteiger partial charge in [-0.1, -0.05) is 17.6 Å². The molecule has 0 amide bonds. The zero-order chi connectivity index (χ0) is 18.7. The molecule has 1 aliphatic rings. The molecule has 134 valence electrons. The molecule has 9 heteroatoms. The summed E-state index contributed by atoms with van der Waals surface area (Å²) in [4.78, 5) is 16.1. The number of allylic oxidation sites excluding steroid dienone is 2. The van der Waals surface area contributed by atoms with Crippen molar-refractivity contribution in [2.24, 2.45) is 0 Å². The van der Waals surface area contributed by atoms with Gasteiger partial charge in [-0.05, 0) is 31.9 Å². The summed E-state index contributed by atoms with van der Waals surface area (Å²) >= 11 is 0. The molecular weight excluding hydrogens is 345 g/mol. The number of nitrogens with zero attached hydrogens (tertiary/aromatic N) is 4. The Labute approximate surface area is 148 Å². The average molecular weight is 360 g/mol. The molecule has 2 heterocycles. The Balaban J connectivity index is 1.99. The maximum atomic E-state index is 12.9. The Morgan fingerprint density at radius 3 is 2.54 bits per heavy atom. The van der Waals surface area contributed by atoms with Crippen molar-refractivity contribution < 1.29 is 13.2 Å². The molecule has 0 atom stereocenters. The summed E-state index contributed by atoms with van der Waals surface area (Å²) in [5, 5.41) is 5.85. The van der Waals surface area contributed by atoms with Crippen molar-refractivity contribution >= 4 is 11.9 Å². The van der Waals surface area contributed by atoms with E-state index in [1.165, 1.54) is 17.7 Å². The zero-order valence-electron chi connectivity index (χ0n) is 13.9. The summed E-state index contributed by atoms with van der Waals surface area (Å²) in [6.07, 6.45) is 2.68. The van der Waals surface area contributed by atoms with Gasteiger partial charge in [0.05, 0.1) is 6.54 Å².